The Morgan fingerprint density at radius 3 is 2.46 bits per heavy atom. The highest BCUT2D eigenvalue weighted by molar-refractivity contribution is 6.04. The number of rotatable bonds is 4. The molecule has 0 spiro atoms. The zero-order valence-electron chi connectivity index (χ0n) is 13.6. The van der Waals surface area contributed by atoms with Crippen LogP contribution in [0.2, 0.25) is 0 Å². The van der Waals surface area contributed by atoms with Crippen molar-refractivity contribution in [1.29, 1.82) is 0 Å². The van der Waals surface area contributed by atoms with E-state index < -0.39 is 0 Å². The van der Waals surface area contributed by atoms with Crippen LogP contribution in [-0.2, 0) is 0 Å². The van der Waals surface area contributed by atoms with E-state index in [2.05, 4.69) is 15.3 Å². The summed E-state index contributed by atoms with van der Waals surface area (Å²) in [5.41, 5.74) is 3.02. The Labute approximate surface area is 141 Å². The molecule has 1 aromatic heterocycles. The monoisotopic (exact) mass is 318 g/mol. The van der Waals surface area contributed by atoms with Crippen molar-refractivity contribution in [3.63, 3.8) is 0 Å². The summed E-state index contributed by atoms with van der Waals surface area (Å²) < 4.78 is 0. The number of aryl methyl sites for hydroxylation is 1. The Bertz CT molecular complexity index is 849. The summed E-state index contributed by atoms with van der Waals surface area (Å²) in [7, 11) is 1.97. The molecule has 0 aliphatic heterocycles. The summed E-state index contributed by atoms with van der Waals surface area (Å²) in [5.74, 6) is 0.312. The SMILES string of the molecule is Cc1nccc(C(=O)Nc2ccccc2N(C)c2ccccc2)n1. The van der Waals surface area contributed by atoms with E-state index in [0.717, 1.165) is 17.1 Å². The van der Waals surface area contributed by atoms with Gasteiger partial charge in [0.25, 0.3) is 5.91 Å². The number of para-hydroxylation sites is 3. The standard InChI is InChI=1S/C19H18N4O/c1-14-20-13-12-17(21-14)19(24)22-16-10-6-7-11-18(16)23(2)15-8-4-3-5-9-15/h3-13H,1-2H3,(H,22,24). The minimum absolute atomic E-state index is 0.255. The van der Waals surface area contributed by atoms with Gasteiger partial charge >= 0.3 is 0 Å². The van der Waals surface area contributed by atoms with Gasteiger partial charge in [-0.2, -0.15) is 0 Å². The Balaban J connectivity index is 1.88. The molecular formula is C19H18N4O. The van der Waals surface area contributed by atoms with Crippen LogP contribution in [0.4, 0.5) is 17.1 Å². The fourth-order valence-electron chi connectivity index (χ4n) is 2.43. The minimum Gasteiger partial charge on any atom is -0.343 e. The molecule has 0 fully saturated rings. The lowest BCUT2D eigenvalue weighted by molar-refractivity contribution is 0.102. The molecule has 0 unspecified atom stereocenters. The molecule has 0 aliphatic carbocycles. The number of benzene rings is 2. The van der Waals surface area contributed by atoms with Crippen LogP contribution in [0.25, 0.3) is 0 Å². The normalized spacial score (nSPS) is 10.2. The lowest BCUT2D eigenvalue weighted by atomic mass is 10.2. The quantitative estimate of drug-likeness (QED) is 0.795. The summed E-state index contributed by atoms with van der Waals surface area (Å²) in [6.07, 6.45) is 1.58. The lowest BCUT2D eigenvalue weighted by Crippen LogP contribution is -2.18. The van der Waals surface area contributed by atoms with Gasteiger partial charge in [0, 0.05) is 18.9 Å². The Morgan fingerprint density at radius 2 is 1.71 bits per heavy atom. The van der Waals surface area contributed by atoms with Crippen molar-refractivity contribution in [1.82, 2.24) is 9.97 Å². The smallest absolute Gasteiger partial charge is 0.274 e. The number of hydrogen-bond donors (Lipinski definition) is 1. The third-order valence-corrected chi connectivity index (χ3v) is 3.67. The average Bonchev–Trinajstić information content (AvgIpc) is 2.62. The second-order valence-electron chi connectivity index (χ2n) is 5.35. The zero-order valence-corrected chi connectivity index (χ0v) is 13.6. The maximum absolute atomic E-state index is 12.5. The van der Waals surface area contributed by atoms with Crippen molar-refractivity contribution in [2.75, 3.05) is 17.3 Å². The Hall–Kier alpha value is -3.21. The predicted molar refractivity (Wildman–Crippen MR) is 95.7 cm³/mol. The van der Waals surface area contributed by atoms with Crippen molar-refractivity contribution in [3.05, 3.63) is 78.4 Å². The van der Waals surface area contributed by atoms with Gasteiger partial charge in [0.1, 0.15) is 11.5 Å². The van der Waals surface area contributed by atoms with Crippen LogP contribution in [0.15, 0.2) is 66.9 Å². The first-order valence-electron chi connectivity index (χ1n) is 7.64. The molecule has 0 aliphatic rings. The van der Waals surface area contributed by atoms with Crippen LogP contribution < -0.4 is 10.2 Å². The van der Waals surface area contributed by atoms with Crippen LogP contribution in [0.3, 0.4) is 0 Å². The number of carbonyl (C=O) groups is 1. The van der Waals surface area contributed by atoms with E-state index in [1.54, 1.807) is 19.2 Å². The van der Waals surface area contributed by atoms with E-state index in [-0.39, 0.29) is 5.91 Å². The van der Waals surface area contributed by atoms with Gasteiger partial charge in [-0.05, 0) is 37.3 Å². The summed E-state index contributed by atoms with van der Waals surface area (Å²) in [4.78, 5) is 22.7. The van der Waals surface area contributed by atoms with Gasteiger partial charge in [0.05, 0.1) is 11.4 Å². The molecular weight excluding hydrogens is 300 g/mol. The van der Waals surface area contributed by atoms with Gasteiger partial charge < -0.3 is 10.2 Å². The largest absolute Gasteiger partial charge is 0.343 e. The molecule has 120 valence electrons. The molecule has 2 aromatic carbocycles. The van der Waals surface area contributed by atoms with Crippen LogP contribution in [0.5, 0.6) is 0 Å². The predicted octanol–water partition coefficient (Wildman–Crippen LogP) is 3.81. The lowest BCUT2D eigenvalue weighted by Gasteiger charge is -2.22. The first-order valence-corrected chi connectivity index (χ1v) is 7.64. The molecule has 0 saturated heterocycles. The Kier molecular flexibility index (Phi) is 4.52. The molecule has 1 heterocycles. The minimum atomic E-state index is -0.255. The van der Waals surface area contributed by atoms with Crippen molar-refractivity contribution >= 4 is 23.0 Å². The molecule has 0 atom stereocenters. The molecule has 1 N–H and O–H groups in total. The van der Waals surface area contributed by atoms with Gasteiger partial charge in [-0.25, -0.2) is 9.97 Å². The average molecular weight is 318 g/mol. The maximum atomic E-state index is 12.5. The first-order chi connectivity index (χ1) is 11.6. The number of carbonyl (C=O) groups excluding carboxylic acids is 1. The molecule has 1 amide bonds. The summed E-state index contributed by atoms with van der Waals surface area (Å²) in [5, 5.41) is 2.93. The summed E-state index contributed by atoms with van der Waals surface area (Å²) >= 11 is 0. The van der Waals surface area contributed by atoms with Gasteiger partial charge in [0.2, 0.25) is 0 Å². The van der Waals surface area contributed by atoms with Crippen molar-refractivity contribution in [2.45, 2.75) is 6.92 Å². The molecule has 5 nitrogen and oxygen atoms in total. The molecule has 0 radical (unpaired) electrons. The molecule has 0 saturated carbocycles. The number of hydrogen-bond acceptors (Lipinski definition) is 4. The second-order valence-corrected chi connectivity index (χ2v) is 5.35. The number of aromatic nitrogens is 2. The Morgan fingerprint density at radius 1 is 1.00 bits per heavy atom. The number of nitrogens with one attached hydrogen (secondary N) is 1. The van der Waals surface area contributed by atoms with E-state index in [4.69, 9.17) is 0 Å². The zero-order chi connectivity index (χ0) is 16.9. The van der Waals surface area contributed by atoms with Gasteiger partial charge in [-0.1, -0.05) is 30.3 Å². The number of anilines is 3. The highest BCUT2D eigenvalue weighted by Crippen LogP contribution is 2.30. The molecule has 5 heteroatoms. The second kappa shape index (κ2) is 6.91. The van der Waals surface area contributed by atoms with Crippen LogP contribution in [0, 0.1) is 6.92 Å². The highest BCUT2D eigenvalue weighted by atomic mass is 16.1. The van der Waals surface area contributed by atoms with Crippen molar-refractivity contribution < 1.29 is 4.79 Å². The summed E-state index contributed by atoms with van der Waals surface area (Å²) in [6.45, 7) is 1.76. The molecule has 3 aromatic rings. The topological polar surface area (TPSA) is 58.1 Å². The van der Waals surface area contributed by atoms with Crippen molar-refractivity contribution in [2.24, 2.45) is 0 Å². The van der Waals surface area contributed by atoms with E-state index in [9.17, 15) is 4.79 Å². The highest BCUT2D eigenvalue weighted by Gasteiger charge is 2.13. The van der Waals surface area contributed by atoms with E-state index in [0.29, 0.717) is 11.5 Å². The van der Waals surface area contributed by atoms with Crippen molar-refractivity contribution in [3.8, 4) is 0 Å². The number of amides is 1. The van der Waals surface area contributed by atoms with Crippen LogP contribution in [-0.4, -0.2) is 22.9 Å². The first kappa shape index (κ1) is 15.7. The third-order valence-electron chi connectivity index (χ3n) is 3.67. The van der Waals surface area contributed by atoms with Crippen LogP contribution >= 0.6 is 0 Å². The molecule has 3 rings (SSSR count). The third kappa shape index (κ3) is 3.41. The fraction of sp³-hybridized carbons (Fsp3) is 0.105. The van der Waals surface area contributed by atoms with Gasteiger partial charge in [0.15, 0.2) is 0 Å². The van der Waals surface area contributed by atoms with Crippen LogP contribution in [0.1, 0.15) is 16.3 Å². The summed E-state index contributed by atoms with van der Waals surface area (Å²) in [6, 6.07) is 19.3. The van der Waals surface area contributed by atoms with E-state index in [1.807, 2.05) is 66.5 Å². The van der Waals surface area contributed by atoms with Gasteiger partial charge in [-0.15, -0.1) is 0 Å². The molecule has 24 heavy (non-hydrogen) atoms. The van der Waals surface area contributed by atoms with E-state index >= 15 is 0 Å². The maximum Gasteiger partial charge on any atom is 0.274 e. The van der Waals surface area contributed by atoms with E-state index in [1.165, 1.54) is 0 Å². The fourth-order valence-corrected chi connectivity index (χ4v) is 2.43. The van der Waals surface area contributed by atoms with Gasteiger partial charge in [-0.3, -0.25) is 4.79 Å². The number of nitrogens with zero attached hydrogens (tertiary/aromatic N) is 3. The molecule has 0 bridgehead atoms.